The summed E-state index contributed by atoms with van der Waals surface area (Å²) in [5.41, 5.74) is 3.30. The van der Waals surface area contributed by atoms with Crippen LogP contribution in [0.5, 0.6) is 5.75 Å². The third-order valence-electron chi connectivity index (χ3n) is 4.06. The quantitative estimate of drug-likeness (QED) is 0.627. The third kappa shape index (κ3) is 5.31. The predicted molar refractivity (Wildman–Crippen MR) is 105 cm³/mol. The van der Waals surface area contributed by atoms with E-state index in [1.165, 1.54) is 12.1 Å². The number of rotatable bonds is 6. The first kappa shape index (κ1) is 18.9. The minimum absolute atomic E-state index is 0.211. The van der Waals surface area contributed by atoms with Gasteiger partial charge < -0.3 is 10.1 Å². The number of amides is 1. The Kier molecular flexibility index (Phi) is 6.09. The van der Waals surface area contributed by atoms with Crippen LogP contribution >= 0.6 is 11.6 Å². The Morgan fingerprint density at radius 1 is 1.00 bits per heavy atom. The molecule has 138 valence electrons. The van der Waals surface area contributed by atoms with Crippen molar-refractivity contribution >= 4 is 17.5 Å². The number of carbonyl (C=O) groups excluding carboxylic acids is 1. The molecule has 0 aromatic heterocycles. The van der Waals surface area contributed by atoms with Crippen LogP contribution in [0, 0.1) is 12.7 Å². The van der Waals surface area contributed by atoms with Crippen molar-refractivity contribution < 1.29 is 13.9 Å². The van der Waals surface area contributed by atoms with Crippen LogP contribution in [0.25, 0.3) is 0 Å². The van der Waals surface area contributed by atoms with Crippen LogP contribution in [0.4, 0.5) is 4.39 Å². The Morgan fingerprint density at radius 2 is 1.67 bits per heavy atom. The van der Waals surface area contributed by atoms with Gasteiger partial charge in [0.2, 0.25) is 0 Å². The molecule has 0 aliphatic heterocycles. The van der Waals surface area contributed by atoms with Crippen molar-refractivity contribution in [1.82, 2.24) is 5.32 Å². The van der Waals surface area contributed by atoms with E-state index in [2.05, 4.69) is 5.32 Å². The Hall–Kier alpha value is -2.85. The Bertz CT molecular complexity index is 924. The van der Waals surface area contributed by atoms with Gasteiger partial charge in [-0.15, -0.1) is 0 Å². The van der Waals surface area contributed by atoms with Crippen LogP contribution in [0.15, 0.2) is 66.7 Å². The van der Waals surface area contributed by atoms with Crippen LogP contribution in [-0.2, 0) is 13.2 Å². The first-order chi connectivity index (χ1) is 13.0. The highest BCUT2D eigenvalue weighted by molar-refractivity contribution is 6.33. The molecule has 0 aliphatic rings. The first-order valence-electron chi connectivity index (χ1n) is 8.52. The minimum Gasteiger partial charge on any atom is -0.489 e. The van der Waals surface area contributed by atoms with E-state index < -0.39 is 0 Å². The lowest BCUT2D eigenvalue weighted by atomic mass is 10.1. The van der Waals surface area contributed by atoms with Gasteiger partial charge in [-0.2, -0.15) is 0 Å². The average Bonchev–Trinajstić information content (AvgIpc) is 2.66. The molecule has 1 N–H and O–H groups in total. The van der Waals surface area contributed by atoms with Gasteiger partial charge in [0.25, 0.3) is 5.91 Å². The lowest BCUT2D eigenvalue weighted by molar-refractivity contribution is 0.0951. The van der Waals surface area contributed by atoms with Crippen LogP contribution in [-0.4, -0.2) is 5.91 Å². The maximum absolute atomic E-state index is 12.9. The molecule has 0 fully saturated rings. The number of ether oxygens (including phenoxy) is 1. The number of aryl methyl sites for hydroxylation is 1. The summed E-state index contributed by atoms with van der Waals surface area (Å²) >= 11 is 6.12. The maximum atomic E-state index is 12.9. The van der Waals surface area contributed by atoms with Crippen molar-refractivity contribution in [1.29, 1.82) is 0 Å². The molecule has 0 saturated heterocycles. The summed E-state index contributed by atoms with van der Waals surface area (Å²) in [5, 5.41) is 3.30. The van der Waals surface area contributed by atoms with Gasteiger partial charge >= 0.3 is 0 Å². The lowest BCUT2D eigenvalue weighted by Gasteiger charge is -2.09. The standard InChI is InChI=1S/C22H19ClFNO2/c1-15-2-11-20(21(23)12-15)22(26)25-13-16-5-9-19(10-6-16)27-14-17-3-7-18(24)8-4-17/h2-12H,13-14H2,1H3,(H,25,26). The molecule has 0 radical (unpaired) electrons. The second-order valence-corrected chi connectivity index (χ2v) is 6.63. The molecule has 3 aromatic rings. The Labute approximate surface area is 162 Å². The maximum Gasteiger partial charge on any atom is 0.253 e. The second-order valence-electron chi connectivity index (χ2n) is 6.23. The summed E-state index contributed by atoms with van der Waals surface area (Å²) in [6, 6.07) is 19.0. The summed E-state index contributed by atoms with van der Waals surface area (Å²) in [6.45, 7) is 2.68. The van der Waals surface area contributed by atoms with Crippen LogP contribution < -0.4 is 10.1 Å². The Balaban J connectivity index is 1.52. The highest BCUT2D eigenvalue weighted by Gasteiger charge is 2.10. The van der Waals surface area contributed by atoms with E-state index in [0.29, 0.717) is 29.5 Å². The first-order valence-corrected chi connectivity index (χ1v) is 8.89. The summed E-state index contributed by atoms with van der Waals surface area (Å²) in [7, 11) is 0. The Morgan fingerprint density at radius 3 is 2.33 bits per heavy atom. The predicted octanol–water partition coefficient (Wildman–Crippen LogP) is 5.30. The van der Waals surface area contributed by atoms with Gasteiger partial charge in [0.15, 0.2) is 0 Å². The van der Waals surface area contributed by atoms with Gasteiger partial charge in [-0.05, 0) is 60.0 Å². The fourth-order valence-corrected chi connectivity index (χ4v) is 2.85. The topological polar surface area (TPSA) is 38.3 Å². The van der Waals surface area contributed by atoms with Gasteiger partial charge in [-0.1, -0.05) is 41.9 Å². The molecule has 0 unspecified atom stereocenters. The largest absolute Gasteiger partial charge is 0.489 e. The summed E-state index contributed by atoms with van der Waals surface area (Å²) in [6.07, 6.45) is 0. The van der Waals surface area contributed by atoms with Crippen molar-refractivity contribution in [2.45, 2.75) is 20.1 Å². The minimum atomic E-state index is -0.267. The zero-order valence-electron chi connectivity index (χ0n) is 14.8. The smallest absolute Gasteiger partial charge is 0.253 e. The number of halogens is 2. The van der Waals surface area contributed by atoms with Crippen molar-refractivity contribution in [2.75, 3.05) is 0 Å². The zero-order valence-corrected chi connectivity index (χ0v) is 15.6. The van der Waals surface area contributed by atoms with Crippen LogP contribution in [0.1, 0.15) is 27.0 Å². The van der Waals surface area contributed by atoms with Crippen LogP contribution in [0.3, 0.4) is 0 Å². The van der Waals surface area contributed by atoms with Crippen molar-refractivity contribution in [3.63, 3.8) is 0 Å². The summed E-state index contributed by atoms with van der Waals surface area (Å²) < 4.78 is 18.6. The fraction of sp³-hybridized carbons (Fsp3) is 0.136. The van der Waals surface area contributed by atoms with Gasteiger partial charge in [-0.25, -0.2) is 4.39 Å². The summed E-state index contributed by atoms with van der Waals surface area (Å²) in [5.74, 6) is 0.227. The number of benzene rings is 3. The van der Waals surface area contributed by atoms with E-state index in [4.69, 9.17) is 16.3 Å². The molecule has 27 heavy (non-hydrogen) atoms. The number of carbonyl (C=O) groups is 1. The van der Waals surface area contributed by atoms with E-state index in [-0.39, 0.29) is 11.7 Å². The number of nitrogens with one attached hydrogen (secondary N) is 1. The number of hydrogen-bond acceptors (Lipinski definition) is 2. The highest BCUT2D eigenvalue weighted by Crippen LogP contribution is 2.18. The third-order valence-corrected chi connectivity index (χ3v) is 4.38. The molecule has 0 aliphatic carbocycles. The summed E-state index contributed by atoms with van der Waals surface area (Å²) in [4.78, 5) is 12.3. The van der Waals surface area contributed by atoms with E-state index in [1.54, 1.807) is 24.3 Å². The van der Waals surface area contributed by atoms with E-state index in [1.807, 2.05) is 37.3 Å². The molecule has 0 spiro atoms. The molecule has 0 bridgehead atoms. The van der Waals surface area contributed by atoms with E-state index in [0.717, 1.165) is 16.7 Å². The molecule has 5 heteroatoms. The molecule has 3 nitrogen and oxygen atoms in total. The zero-order chi connectivity index (χ0) is 19.2. The van der Waals surface area contributed by atoms with Crippen molar-refractivity contribution in [3.05, 3.63) is 99.8 Å². The monoisotopic (exact) mass is 383 g/mol. The number of hydrogen-bond donors (Lipinski definition) is 1. The molecular formula is C22H19ClFNO2. The van der Waals surface area contributed by atoms with Crippen molar-refractivity contribution in [2.24, 2.45) is 0 Å². The molecular weight excluding hydrogens is 365 g/mol. The van der Waals surface area contributed by atoms with Gasteiger partial charge in [0, 0.05) is 6.54 Å². The fourth-order valence-electron chi connectivity index (χ4n) is 2.53. The second kappa shape index (κ2) is 8.69. The SMILES string of the molecule is Cc1ccc(C(=O)NCc2ccc(OCc3ccc(F)cc3)cc2)c(Cl)c1. The molecule has 1 amide bonds. The van der Waals surface area contributed by atoms with Gasteiger partial charge in [0.1, 0.15) is 18.2 Å². The lowest BCUT2D eigenvalue weighted by Crippen LogP contribution is -2.23. The van der Waals surface area contributed by atoms with Crippen LogP contribution in [0.2, 0.25) is 5.02 Å². The molecule has 0 saturated carbocycles. The normalized spacial score (nSPS) is 10.5. The molecule has 3 rings (SSSR count). The highest BCUT2D eigenvalue weighted by atomic mass is 35.5. The molecule has 0 heterocycles. The van der Waals surface area contributed by atoms with Crippen molar-refractivity contribution in [3.8, 4) is 5.75 Å². The molecule has 0 atom stereocenters. The van der Waals surface area contributed by atoms with E-state index in [9.17, 15) is 9.18 Å². The molecule has 3 aromatic carbocycles. The average molecular weight is 384 g/mol. The van der Waals surface area contributed by atoms with E-state index >= 15 is 0 Å². The van der Waals surface area contributed by atoms with Gasteiger partial charge in [-0.3, -0.25) is 4.79 Å². The van der Waals surface area contributed by atoms with Gasteiger partial charge in [0.05, 0.1) is 10.6 Å².